The van der Waals surface area contributed by atoms with Gasteiger partial charge in [0.25, 0.3) is 11.8 Å². The van der Waals surface area contributed by atoms with Crippen LogP contribution in [0.5, 0.6) is 0 Å². The standard InChI is InChI=1S/C24H19N3O5/c1-14(22(29)26-18-11-5-4-10-17(18)21(25)28)31-24(30)16-9-3-2-8-15(16)23-27-19-12-6-7-13-20(19)32-23/h2-14H,1H3,(H2,25,28)(H,26,29). The first-order valence-corrected chi connectivity index (χ1v) is 9.79. The number of nitrogens with zero attached hydrogens (tertiary/aromatic N) is 1. The van der Waals surface area contributed by atoms with Crippen molar-refractivity contribution in [3.63, 3.8) is 0 Å². The van der Waals surface area contributed by atoms with E-state index >= 15 is 0 Å². The number of carbonyl (C=O) groups excluding carboxylic acids is 3. The molecule has 4 rings (SSSR count). The number of benzene rings is 3. The van der Waals surface area contributed by atoms with E-state index in [1.807, 2.05) is 12.1 Å². The molecule has 0 bridgehead atoms. The lowest BCUT2D eigenvalue weighted by Crippen LogP contribution is -2.31. The fraction of sp³-hybridized carbons (Fsp3) is 0.0833. The topological polar surface area (TPSA) is 125 Å². The fourth-order valence-corrected chi connectivity index (χ4v) is 3.15. The minimum atomic E-state index is -1.14. The minimum Gasteiger partial charge on any atom is -0.449 e. The summed E-state index contributed by atoms with van der Waals surface area (Å²) < 4.78 is 11.1. The lowest BCUT2D eigenvalue weighted by atomic mass is 10.1. The van der Waals surface area contributed by atoms with Crippen molar-refractivity contribution in [1.29, 1.82) is 0 Å². The Morgan fingerprint density at radius 1 is 0.938 bits per heavy atom. The van der Waals surface area contributed by atoms with Crippen LogP contribution in [-0.2, 0) is 9.53 Å². The van der Waals surface area contributed by atoms with Crippen LogP contribution in [0.3, 0.4) is 0 Å². The number of fused-ring (bicyclic) bond motifs is 1. The SMILES string of the molecule is CC(OC(=O)c1ccccc1-c1nc2ccccc2o1)C(=O)Nc1ccccc1C(N)=O. The van der Waals surface area contributed by atoms with Gasteiger partial charge in [-0.2, -0.15) is 0 Å². The van der Waals surface area contributed by atoms with Crippen LogP contribution in [0.1, 0.15) is 27.6 Å². The first kappa shape index (κ1) is 20.8. The van der Waals surface area contributed by atoms with E-state index in [-0.39, 0.29) is 22.7 Å². The summed E-state index contributed by atoms with van der Waals surface area (Å²) in [5, 5.41) is 2.56. The monoisotopic (exact) mass is 429 g/mol. The third-order valence-corrected chi connectivity index (χ3v) is 4.77. The maximum Gasteiger partial charge on any atom is 0.339 e. The molecule has 2 amide bonds. The summed E-state index contributed by atoms with van der Waals surface area (Å²) in [6, 6.07) is 20.2. The second kappa shape index (κ2) is 8.73. The van der Waals surface area contributed by atoms with E-state index < -0.39 is 23.9 Å². The third-order valence-electron chi connectivity index (χ3n) is 4.77. The number of ether oxygens (including phenoxy) is 1. The number of hydrogen-bond donors (Lipinski definition) is 2. The lowest BCUT2D eigenvalue weighted by Gasteiger charge is -2.15. The van der Waals surface area contributed by atoms with Gasteiger partial charge in [0.15, 0.2) is 11.7 Å². The van der Waals surface area contributed by atoms with Crippen LogP contribution >= 0.6 is 0 Å². The molecule has 1 heterocycles. The summed E-state index contributed by atoms with van der Waals surface area (Å²) in [5.41, 5.74) is 7.62. The van der Waals surface area contributed by atoms with Crippen molar-refractivity contribution < 1.29 is 23.5 Å². The molecule has 160 valence electrons. The lowest BCUT2D eigenvalue weighted by molar-refractivity contribution is -0.123. The van der Waals surface area contributed by atoms with Crippen LogP contribution in [0.4, 0.5) is 5.69 Å². The third kappa shape index (κ3) is 4.20. The Morgan fingerprint density at radius 2 is 1.59 bits per heavy atom. The molecular formula is C24H19N3O5. The van der Waals surface area contributed by atoms with Gasteiger partial charge in [0.05, 0.1) is 22.4 Å². The zero-order valence-corrected chi connectivity index (χ0v) is 17.1. The number of carbonyl (C=O) groups is 3. The molecule has 0 aliphatic carbocycles. The molecule has 0 aliphatic heterocycles. The molecule has 3 aromatic carbocycles. The number of hydrogen-bond acceptors (Lipinski definition) is 6. The number of aromatic nitrogens is 1. The molecule has 8 nitrogen and oxygen atoms in total. The van der Waals surface area contributed by atoms with Crippen LogP contribution in [0.25, 0.3) is 22.6 Å². The zero-order chi connectivity index (χ0) is 22.7. The van der Waals surface area contributed by atoms with Crippen LogP contribution in [0, 0.1) is 0 Å². The largest absolute Gasteiger partial charge is 0.449 e. The number of rotatable bonds is 6. The van der Waals surface area contributed by atoms with Crippen LogP contribution in [0.15, 0.2) is 77.2 Å². The molecule has 0 spiro atoms. The molecule has 3 N–H and O–H groups in total. The van der Waals surface area contributed by atoms with Gasteiger partial charge in [0.1, 0.15) is 5.52 Å². The Morgan fingerprint density at radius 3 is 2.34 bits per heavy atom. The quantitative estimate of drug-likeness (QED) is 0.450. The van der Waals surface area contributed by atoms with Gasteiger partial charge in [-0.25, -0.2) is 9.78 Å². The molecule has 0 saturated carbocycles. The summed E-state index contributed by atoms with van der Waals surface area (Å²) in [6.45, 7) is 1.43. The van der Waals surface area contributed by atoms with Gasteiger partial charge < -0.3 is 20.2 Å². The first-order valence-electron chi connectivity index (χ1n) is 9.79. The van der Waals surface area contributed by atoms with E-state index in [2.05, 4.69) is 10.3 Å². The second-order valence-electron chi connectivity index (χ2n) is 6.98. The predicted molar refractivity (Wildman–Crippen MR) is 118 cm³/mol. The number of esters is 1. The highest BCUT2D eigenvalue weighted by molar-refractivity contribution is 6.05. The molecule has 0 radical (unpaired) electrons. The maximum absolute atomic E-state index is 12.9. The van der Waals surface area contributed by atoms with Gasteiger partial charge in [-0.1, -0.05) is 36.4 Å². The fourth-order valence-electron chi connectivity index (χ4n) is 3.15. The van der Waals surface area contributed by atoms with E-state index in [0.717, 1.165) is 0 Å². The normalized spacial score (nSPS) is 11.7. The number of amides is 2. The Kier molecular flexibility index (Phi) is 5.67. The van der Waals surface area contributed by atoms with Crippen molar-refractivity contribution in [1.82, 2.24) is 4.98 Å². The van der Waals surface area contributed by atoms with Crippen LogP contribution < -0.4 is 11.1 Å². The van der Waals surface area contributed by atoms with Gasteiger partial charge in [-0.3, -0.25) is 9.59 Å². The molecule has 8 heteroatoms. The van der Waals surface area contributed by atoms with Crippen molar-refractivity contribution in [2.45, 2.75) is 13.0 Å². The highest BCUT2D eigenvalue weighted by atomic mass is 16.5. The van der Waals surface area contributed by atoms with E-state index in [1.165, 1.54) is 19.1 Å². The van der Waals surface area contributed by atoms with Crippen molar-refractivity contribution >= 4 is 34.6 Å². The van der Waals surface area contributed by atoms with E-state index in [0.29, 0.717) is 16.7 Å². The summed E-state index contributed by atoms with van der Waals surface area (Å²) in [5.74, 6) is -1.73. The van der Waals surface area contributed by atoms with Gasteiger partial charge in [0.2, 0.25) is 5.89 Å². The maximum atomic E-state index is 12.9. The molecule has 0 saturated heterocycles. The Balaban J connectivity index is 1.53. The molecule has 1 atom stereocenters. The first-order chi connectivity index (χ1) is 15.4. The second-order valence-corrected chi connectivity index (χ2v) is 6.98. The molecule has 1 unspecified atom stereocenters. The Labute approximate surface area is 183 Å². The van der Waals surface area contributed by atoms with Crippen LogP contribution in [-0.4, -0.2) is 28.9 Å². The van der Waals surface area contributed by atoms with Gasteiger partial charge in [0, 0.05) is 0 Å². The zero-order valence-electron chi connectivity index (χ0n) is 17.1. The number of para-hydroxylation sites is 3. The molecular weight excluding hydrogens is 410 g/mol. The van der Waals surface area contributed by atoms with Gasteiger partial charge in [-0.15, -0.1) is 0 Å². The van der Waals surface area contributed by atoms with Crippen molar-refractivity contribution in [2.24, 2.45) is 5.73 Å². The van der Waals surface area contributed by atoms with Crippen molar-refractivity contribution in [3.05, 3.63) is 83.9 Å². The molecule has 0 aliphatic rings. The molecule has 0 fully saturated rings. The molecule has 4 aromatic rings. The Hall–Kier alpha value is -4.46. The minimum absolute atomic E-state index is 0.153. The number of oxazole rings is 1. The highest BCUT2D eigenvalue weighted by Gasteiger charge is 2.23. The van der Waals surface area contributed by atoms with Crippen molar-refractivity contribution in [3.8, 4) is 11.5 Å². The number of nitrogens with one attached hydrogen (secondary N) is 1. The average Bonchev–Trinajstić information content (AvgIpc) is 3.23. The van der Waals surface area contributed by atoms with E-state index in [4.69, 9.17) is 14.9 Å². The van der Waals surface area contributed by atoms with E-state index in [9.17, 15) is 14.4 Å². The van der Waals surface area contributed by atoms with Crippen molar-refractivity contribution in [2.75, 3.05) is 5.32 Å². The average molecular weight is 429 g/mol. The predicted octanol–water partition coefficient (Wildman–Crippen LogP) is 3.78. The highest BCUT2D eigenvalue weighted by Crippen LogP contribution is 2.27. The smallest absolute Gasteiger partial charge is 0.339 e. The number of nitrogens with two attached hydrogens (primary N) is 1. The Bertz CT molecular complexity index is 1290. The van der Waals surface area contributed by atoms with Gasteiger partial charge in [-0.05, 0) is 43.3 Å². The van der Waals surface area contributed by atoms with Gasteiger partial charge >= 0.3 is 5.97 Å². The molecule has 32 heavy (non-hydrogen) atoms. The van der Waals surface area contributed by atoms with E-state index in [1.54, 1.807) is 48.5 Å². The molecule has 1 aromatic heterocycles. The summed E-state index contributed by atoms with van der Waals surface area (Å²) in [7, 11) is 0. The van der Waals surface area contributed by atoms with Crippen LogP contribution in [0.2, 0.25) is 0 Å². The summed E-state index contributed by atoms with van der Waals surface area (Å²) in [4.78, 5) is 41.4. The number of primary amides is 1. The summed E-state index contributed by atoms with van der Waals surface area (Å²) in [6.07, 6.45) is -1.14. The summed E-state index contributed by atoms with van der Waals surface area (Å²) >= 11 is 0. The number of anilines is 1.